The maximum atomic E-state index is 13.9. The molecule has 4 nitrogen and oxygen atoms in total. The van der Waals surface area contributed by atoms with Gasteiger partial charge in [0.2, 0.25) is 0 Å². The highest BCUT2D eigenvalue weighted by molar-refractivity contribution is 9.10. The van der Waals surface area contributed by atoms with Crippen LogP contribution in [0.3, 0.4) is 0 Å². The highest BCUT2D eigenvalue weighted by atomic mass is 79.9. The average Bonchev–Trinajstić information content (AvgIpc) is 2.86. The molecule has 19 heavy (non-hydrogen) atoms. The molecule has 0 radical (unpaired) electrons. The molecule has 0 spiro atoms. The first kappa shape index (κ1) is 14.1. The Morgan fingerprint density at radius 1 is 1.47 bits per heavy atom. The molecule has 0 saturated carbocycles. The molecule has 1 atom stereocenters. The van der Waals surface area contributed by atoms with E-state index in [9.17, 15) is 4.39 Å². The smallest absolute Gasteiger partial charge is 0.138 e. The van der Waals surface area contributed by atoms with Gasteiger partial charge in [-0.2, -0.15) is 5.10 Å². The molecule has 0 aliphatic rings. The Balaban J connectivity index is 2.27. The molecule has 0 amide bonds. The number of aryl methyl sites for hydroxylation is 1. The molecule has 1 heterocycles. The van der Waals surface area contributed by atoms with E-state index in [-0.39, 0.29) is 11.9 Å². The Morgan fingerprint density at radius 3 is 2.95 bits per heavy atom. The standard InChI is InChI=1S/C13H16BrFN4/c1-3-19-13(17-8-18-19)7-12(16-2)10-6-9(14)4-5-11(10)15/h4-6,8,12,16H,3,7H2,1-2H3. The summed E-state index contributed by atoms with van der Waals surface area (Å²) in [5.41, 5.74) is 0.627. The number of rotatable bonds is 5. The van der Waals surface area contributed by atoms with E-state index in [0.717, 1.165) is 16.8 Å². The molecule has 1 unspecified atom stereocenters. The molecule has 0 saturated heterocycles. The molecule has 1 aromatic heterocycles. The Bertz CT molecular complexity index is 555. The number of benzene rings is 1. The van der Waals surface area contributed by atoms with Gasteiger partial charge < -0.3 is 5.32 Å². The molecule has 6 heteroatoms. The number of nitrogens with zero attached hydrogens (tertiary/aromatic N) is 3. The summed E-state index contributed by atoms with van der Waals surface area (Å²) in [6, 6.07) is 4.82. The summed E-state index contributed by atoms with van der Waals surface area (Å²) in [5, 5.41) is 7.26. The monoisotopic (exact) mass is 326 g/mol. The van der Waals surface area contributed by atoms with E-state index in [2.05, 4.69) is 31.3 Å². The van der Waals surface area contributed by atoms with Crippen molar-refractivity contribution >= 4 is 15.9 Å². The van der Waals surface area contributed by atoms with Crippen LogP contribution in [-0.4, -0.2) is 21.8 Å². The van der Waals surface area contributed by atoms with Crippen molar-refractivity contribution in [1.29, 1.82) is 0 Å². The maximum absolute atomic E-state index is 13.9. The van der Waals surface area contributed by atoms with Crippen LogP contribution in [0, 0.1) is 5.82 Å². The zero-order chi connectivity index (χ0) is 13.8. The zero-order valence-electron chi connectivity index (χ0n) is 10.9. The lowest BCUT2D eigenvalue weighted by Crippen LogP contribution is -2.22. The quantitative estimate of drug-likeness (QED) is 0.918. The van der Waals surface area contributed by atoms with Gasteiger partial charge in [0.25, 0.3) is 0 Å². The first-order valence-corrected chi connectivity index (χ1v) is 6.94. The molecule has 1 aromatic carbocycles. The van der Waals surface area contributed by atoms with Crippen LogP contribution < -0.4 is 5.32 Å². The number of hydrogen-bond donors (Lipinski definition) is 1. The average molecular weight is 327 g/mol. The van der Waals surface area contributed by atoms with Crippen LogP contribution in [0.1, 0.15) is 24.4 Å². The Kier molecular flexibility index (Phi) is 4.66. The van der Waals surface area contributed by atoms with Gasteiger partial charge in [0.1, 0.15) is 18.0 Å². The van der Waals surface area contributed by atoms with E-state index in [1.165, 1.54) is 12.4 Å². The van der Waals surface area contributed by atoms with Crippen LogP contribution in [0.2, 0.25) is 0 Å². The number of likely N-dealkylation sites (N-methyl/N-ethyl adjacent to an activating group) is 1. The maximum Gasteiger partial charge on any atom is 0.138 e. The van der Waals surface area contributed by atoms with Crippen LogP contribution in [0.25, 0.3) is 0 Å². The molecular formula is C13H16BrFN4. The number of halogens is 2. The molecule has 0 aliphatic heterocycles. The lowest BCUT2D eigenvalue weighted by atomic mass is 10.0. The first-order chi connectivity index (χ1) is 9.15. The minimum absolute atomic E-state index is 0.132. The van der Waals surface area contributed by atoms with Gasteiger partial charge in [-0.25, -0.2) is 9.37 Å². The summed E-state index contributed by atoms with van der Waals surface area (Å²) < 4.78 is 16.6. The second-order valence-electron chi connectivity index (χ2n) is 4.20. The first-order valence-electron chi connectivity index (χ1n) is 6.14. The highest BCUT2D eigenvalue weighted by Crippen LogP contribution is 2.24. The van der Waals surface area contributed by atoms with Crippen LogP contribution in [-0.2, 0) is 13.0 Å². The summed E-state index contributed by atoms with van der Waals surface area (Å²) in [7, 11) is 1.82. The van der Waals surface area contributed by atoms with E-state index in [1.54, 1.807) is 12.1 Å². The van der Waals surface area contributed by atoms with Crippen molar-refractivity contribution in [3.8, 4) is 0 Å². The predicted molar refractivity (Wildman–Crippen MR) is 75.3 cm³/mol. The predicted octanol–water partition coefficient (Wildman–Crippen LogP) is 2.70. The van der Waals surface area contributed by atoms with Gasteiger partial charge in [-0.05, 0) is 32.2 Å². The van der Waals surface area contributed by atoms with Crippen LogP contribution in [0.4, 0.5) is 4.39 Å². The molecule has 1 N–H and O–H groups in total. The van der Waals surface area contributed by atoms with Gasteiger partial charge in [0.15, 0.2) is 0 Å². The Hall–Kier alpha value is -1.27. The molecule has 0 fully saturated rings. The van der Waals surface area contributed by atoms with Gasteiger partial charge in [0.05, 0.1) is 0 Å². The number of aromatic nitrogens is 3. The molecule has 2 aromatic rings. The van der Waals surface area contributed by atoms with E-state index in [0.29, 0.717) is 12.0 Å². The van der Waals surface area contributed by atoms with Crippen molar-refractivity contribution < 1.29 is 4.39 Å². The van der Waals surface area contributed by atoms with Gasteiger partial charge in [-0.3, -0.25) is 4.68 Å². The third-order valence-electron chi connectivity index (χ3n) is 3.06. The summed E-state index contributed by atoms with van der Waals surface area (Å²) >= 11 is 3.37. The van der Waals surface area contributed by atoms with Crippen molar-refractivity contribution in [2.45, 2.75) is 25.9 Å². The van der Waals surface area contributed by atoms with E-state index >= 15 is 0 Å². The highest BCUT2D eigenvalue weighted by Gasteiger charge is 2.17. The van der Waals surface area contributed by atoms with Gasteiger partial charge in [0, 0.05) is 29.0 Å². The van der Waals surface area contributed by atoms with Crippen molar-refractivity contribution in [2.75, 3.05) is 7.05 Å². The van der Waals surface area contributed by atoms with Crippen molar-refractivity contribution in [3.05, 3.63) is 46.2 Å². The summed E-state index contributed by atoms with van der Waals surface area (Å²) in [4.78, 5) is 4.23. The van der Waals surface area contributed by atoms with Crippen LogP contribution >= 0.6 is 15.9 Å². The SMILES string of the molecule is CCn1ncnc1CC(NC)c1cc(Br)ccc1F. The third kappa shape index (κ3) is 3.19. The topological polar surface area (TPSA) is 42.7 Å². The normalized spacial score (nSPS) is 12.6. The Labute approximate surface area is 120 Å². The van der Waals surface area contributed by atoms with E-state index < -0.39 is 0 Å². The fourth-order valence-corrected chi connectivity index (χ4v) is 2.42. The largest absolute Gasteiger partial charge is 0.313 e. The third-order valence-corrected chi connectivity index (χ3v) is 3.56. The minimum atomic E-state index is -0.217. The van der Waals surface area contributed by atoms with Crippen LogP contribution in [0.15, 0.2) is 29.0 Å². The molecule has 0 bridgehead atoms. The zero-order valence-corrected chi connectivity index (χ0v) is 12.5. The van der Waals surface area contributed by atoms with Crippen molar-refractivity contribution in [3.63, 3.8) is 0 Å². The molecular weight excluding hydrogens is 311 g/mol. The van der Waals surface area contributed by atoms with Gasteiger partial charge in [-0.15, -0.1) is 0 Å². The fraction of sp³-hybridized carbons (Fsp3) is 0.385. The number of nitrogens with one attached hydrogen (secondary N) is 1. The summed E-state index contributed by atoms with van der Waals surface area (Å²) in [5.74, 6) is 0.631. The van der Waals surface area contributed by atoms with Crippen molar-refractivity contribution in [1.82, 2.24) is 20.1 Å². The lowest BCUT2D eigenvalue weighted by molar-refractivity contribution is 0.505. The minimum Gasteiger partial charge on any atom is -0.313 e. The lowest BCUT2D eigenvalue weighted by Gasteiger charge is -2.17. The fourth-order valence-electron chi connectivity index (χ4n) is 2.04. The Morgan fingerprint density at radius 2 is 2.26 bits per heavy atom. The summed E-state index contributed by atoms with van der Waals surface area (Å²) in [6.45, 7) is 2.76. The second kappa shape index (κ2) is 6.25. The molecule has 102 valence electrons. The number of hydrogen-bond acceptors (Lipinski definition) is 3. The second-order valence-corrected chi connectivity index (χ2v) is 5.12. The van der Waals surface area contributed by atoms with Gasteiger partial charge >= 0.3 is 0 Å². The van der Waals surface area contributed by atoms with Gasteiger partial charge in [-0.1, -0.05) is 15.9 Å². The van der Waals surface area contributed by atoms with E-state index in [4.69, 9.17) is 0 Å². The molecule has 0 aliphatic carbocycles. The van der Waals surface area contributed by atoms with Crippen LogP contribution in [0.5, 0.6) is 0 Å². The summed E-state index contributed by atoms with van der Waals surface area (Å²) in [6.07, 6.45) is 2.13. The van der Waals surface area contributed by atoms with E-state index in [1.807, 2.05) is 18.7 Å². The van der Waals surface area contributed by atoms with Crippen molar-refractivity contribution in [2.24, 2.45) is 0 Å². The molecule has 2 rings (SSSR count).